The van der Waals surface area contributed by atoms with E-state index in [1.165, 1.54) is 0 Å². The van der Waals surface area contributed by atoms with E-state index in [1.807, 2.05) is 24.3 Å². The third-order valence-electron chi connectivity index (χ3n) is 3.27. The van der Waals surface area contributed by atoms with Gasteiger partial charge in [-0.05, 0) is 18.4 Å². The van der Waals surface area contributed by atoms with Crippen LogP contribution < -0.4 is 4.72 Å². The zero-order chi connectivity index (χ0) is 11.2. The largest absolute Gasteiger partial charge is 0.237 e. The molecule has 84 valence electrons. The van der Waals surface area contributed by atoms with Gasteiger partial charge in [-0.1, -0.05) is 36.5 Å². The first-order valence-electron chi connectivity index (χ1n) is 5.45. The molecule has 0 fully saturated rings. The van der Waals surface area contributed by atoms with Crippen molar-refractivity contribution in [1.29, 1.82) is 0 Å². The maximum Gasteiger partial charge on any atom is 0.237 e. The topological polar surface area (TPSA) is 46.2 Å². The molecule has 0 aromatic rings. The standard InChI is InChI=1S/C12H13NO2S/c14-16(15)12-8-4-2-6-10(12)9-5-1-3-7-11(9)13-16/h1-3,5-7,9,11,13H,4,8H2. The first kappa shape index (κ1) is 10.1. The Labute approximate surface area is 95.3 Å². The third kappa shape index (κ3) is 1.41. The summed E-state index contributed by atoms with van der Waals surface area (Å²) in [5.41, 5.74) is 0.968. The highest BCUT2D eigenvalue weighted by Crippen LogP contribution is 2.36. The van der Waals surface area contributed by atoms with E-state index < -0.39 is 10.0 Å². The van der Waals surface area contributed by atoms with Gasteiger partial charge in [-0.25, -0.2) is 13.1 Å². The molecule has 0 aromatic heterocycles. The number of nitrogens with one attached hydrogen (secondary N) is 1. The molecule has 0 saturated carbocycles. The van der Waals surface area contributed by atoms with Crippen LogP contribution in [0.5, 0.6) is 0 Å². The van der Waals surface area contributed by atoms with Gasteiger partial charge in [0.05, 0.1) is 10.9 Å². The molecule has 3 rings (SSSR count). The molecule has 2 atom stereocenters. The zero-order valence-electron chi connectivity index (χ0n) is 8.76. The van der Waals surface area contributed by atoms with Gasteiger partial charge < -0.3 is 0 Å². The fourth-order valence-corrected chi connectivity index (χ4v) is 4.14. The maximum absolute atomic E-state index is 12.0. The second-order valence-electron chi connectivity index (χ2n) is 4.26. The van der Waals surface area contributed by atoms with Crippen LogP contribution in [0.1, 0.15) is 12.8 Å². The molecule has 3 aliphatic rings. The van der Waals surface area contributed by atoms with Gasteiger partial charge in [-0.2, -0.15) is 0 Å². The van der Waals surface area contributed by atoms with Crippen LogP contribution in [0.3, 0.4) is 0 Å². The van der Waals surface area contributed by atoms with Gasteiger partial charge in [0.1, 0.15) is 0 Å². The van der Waals surface area contributed by atoms with Crippen LogP contribution in [0.4, 0.5) is 0 Å². The zero-order valence-corrected chi connectivity index (χ0v) is 9.57. The SMILES string of the molecule is O=S1(=O)NC2C=CC=CC2C2=C1CCC=C2. The van der Waals surface area contributed by atoms with Crippen LogP contribution in [-0.2, 0) is 10.0 Å². The van der Waals surface area contributed by atoms with E-state index in [4.69, 9.17) is 0 Å². The number of hydrogen-bond donors (Lipinski definition) is 1. The molecular weight excluding hydrogens is 222 g/mol. The van der Waals surface area contributed by atoms with Gasteiger partial charge in [0.2, 0.25) is 10.0 Å². The molecule has 0 spiro atoms. The van der Waals surface area contributed by atoms with Crippen LogP contribution in [-0.4, -0.2) is 14.5 Å². The first-order valence-corrected chi connectivity index (χ1v) is 6.94. The molecule has 1 heterocycles. The summed E-state index contributed by atoms with van der Waals surface area (Å²) >= 11 is 0. The van der Waals surface area contributed by atoms with Crippen molar-refractivity contribution in [2.24, 2.45) is 5.92 Å². The summed E-state index contributed by atoms with van der Waals surface area (Å²) in [4.78, 5) is 0.580. The number of hydrogen-bond acceptors (Lipinski definition) is 2. The molecule has 16 heavy (non-hydrogen) atoms. The number of sulfonamides is 1. The van der Waals surface area contributed by atoms with Crippen molar-refractivity contribution in [2.45, 2.75) is 18.9 Å². The number of fused-ring (bicyclic) bond motifs is 2. The van der Waals surface area contributed by atoms with Crippen molar-refractivity contribution in [3.63, 3.8) is 0 Å². The average Bonchev–Trinajstić information content (AvgIpc) is 2.29. The van der Waals surface area contributed by atoms with E-state index in [-0.39, 0.29) is 12.0 Å². The van der Waals surface area contributed by atoms with Gasteiger partial charge in [0.15, 0.2) is 0 Å². The second-order valence-corrected chi connectivity index (χ2v) is 6.00. The maximum atomic E-state index is 12.0. The Morgan fingerprint density at radius 1 is 1.25 bits per heavy atom. The van der Waals surface area contributed by atoms with Gasteiger partial charge >= 0.3 is 0 Å². The lowest BCUT2D eigenvalue weighted by molar-refractivity contribution is 0.533. The Kier molecular flexibility index (Phi) is 2.16. The van der Waals surface area contributed by atoms with E-state index in [0.29, 0.717) is 11.3 Å². The molecule has 0 aromatic carbocycles. The van der Waals surface area contributed by atoms with Crippen LogP contribution in [0.25, 0.3) is 0 Å². The molecule has 4 heteroatoms. The van der Waals surface area contributed by atoms with Crippen molar-refractivity contribution in [1.82, 2.24) is 4.72 Å². The lowest BCUT2D eigenvalue weighted by Crippen LogP contribution is -2.45. The van der Waals surface area contributed by atoms with Gasteiger partial charge in [-0.3, -0.25) is 0 Å². The Morgan fingerprint density at radius 3 is 2.94 bits per heavy atom. The summed E-state index contributed by atoms with van der Waals surface area (Å²) in [6.07, 6.45) is 13.3. The molecule has 2 aliphatic carbocycles. The quantitative estimate of drug-likeness (QED) is 0.693. The molecule has 0 saturated heterocycles. The van der Waals surface area contributed by atoms with E-state index in [9.17, 15) is 8.42 Å². The van der Waals surface area contributed by atoms with Crippen molar-refractivity contribution in [3.8, 4) is 0 Å². The molecule has 0 bridgehead atoms. The van der Waals surface area contributed by atoms with E-state index >= 15 is 0 Å². The fraction of sp³-hybridized carbons (Fsp3) is 0.333. The molecule has 0 amide bonds. The monoisotopic (exact) mass is 235 g/mol. The van der Waals surface area contributed by atoms with Crippen LogP contribution in [0.2, 0.25) is 0 Å². The Bertz CT molecular complexity index is 537. The predicted octanol–water partition coefficient (Wildman–Crippen LogP) is 1.63. The molecule has 0 radical (unpaired) electrons. The summed E-state index contributed by atoms with van der Waals surface area (Å²) in [6.45, 7) is 0. The van der Waals surface area contributed by atoms with Gasteiger partial charge in [-0.15, -0.1) is 0 Å². The molecular formula is C12H13NO2S. The summed E-state index contributed by atoms with van der Waals surface area (Å²) < 4.78 is 26.8. The lowest BCUT2D eigenvalue weighted by atomic mass is 9.85. The highest BCUT2D eigenvalue weighted by molar-refractivity contribution is 7.93. The highest BCUT2D eigenvalue weighted by Gasteiger charge is 2.37. The van der Waals surface area contributed by atoms with Gasteiger partial charge in [0, 0.05) is 5.92 Å². The molecule has 2 unspecified atom stereocenters. The van der Waals surface area contributed by atoms with Crippen LogP contribution >= 0.6 is 0 Å². The smallest absolute Gasteiger partial charge is 0.207 e. The average molecular weight is 235 g/mol. The summed E-state index contributed by atoms with van der Waals surface area (Å²) in [6, 6.07) is -0.114. The minimum atomic E-state index is -3.26. The van der Waals surface area contributed by atoms with Crippen molar-refractivity contribution in [2.75, 3.05) is 0 Å². The van der Waals surface area contributed by atoms with Crippen molar-refractivity contribution < 1.29 is 8.42 Å². The minimum absolute atomic E-state index is 0.114. The van der Waals surface area contributed by atoms with E-state index in [0.717, 1.165) is 12.0 Å². The number of allylic oxidation sites excluding steroid dienone is 5. The second kappa shape index (κ2) is 3.43. The molecule has 1 N–H and O–H groups in total. The Morgan fingerprint density at radius 2 is 2.06 bits per heavy atom. The van der Waals surface area contributed by atoms with Crippen LogP contribution in [0.15, 0.2) is 46.9 Å². The normalized spacial score (nSPS) is 34.8. The minimum Gasteiger partial charge on any atom is -0.207 e. The van der Waals surface area contributed by atoms with Crippen molar-refractivity contribution in [3.05, 3.63) is 46.9 Å². The summed E-state index contributed by atoms with van der Waals surface area (Å²) in [7, 11) is -3.26. The Hall–Kier alpha value is -1.13. The van der Waals surface area contributed by atoms with E-state index in [1.54, 1.807) is 0 Å². The van der Waals surface area contributed by atoms with E-state index in [2.05, 4.69) is 16.9 Å². The van der Waals surface area contributed by atoms with Gasteiger partial charge in [0.25, 0.3) is 0 Å². The predicted molar refractivity (Wildman–Crippen MR) is 63.0 cm³/mol. The Balaban J connectivity index is 2.18. The number of rotatable bonds is 0. The van der Waals surface area contributed by atoms with Crippen LogP contribution in [0, 0.1) is 5.92 Å². The summed E-state index contributed by atoms with van der Waals surface area (Å²) in [5.74, 6) is 0.167. The molecule has 3 nitrogen and oxygen atoms in total. The fourth-order valence-electron chi connectivity index (χ4n) is 2.52. The highest BCUT2D eigenvalue weighted by atomic mass is 32.2. The lowest BCUT2D eigenvalue weighted by Gasteiger charge is -2.34. The first-order chi connectivity index (χ1) is 7.68. The molecule has 1 aliphatic heterocycles. The summed E-state index contributed by atoms with van der Waals surface area (Å²) in [5, 5.41) is 0. The third-order valence-corrected chi connectivity index (χ3v) is 4.94. The van der Waals surface area contributed by atoms with Crippen molar-refractivity contribution >= 4 is 10.0 Å².